The van der Waals surface area contributed by atoms with E-state index in [0.29, 0.717) is 31.7 Å². The van der Waals surface area contributed by atoms with Crippen LogP contribution in [-0.2, 0) is 11.3 Å². The quantitative estimate of drug-likeness (QED) is 0.472. The highest BCUT2D eigenvalue weighted by Crippen LogP contribution is 2.17. The van der Waals surface area contributed by atoms with E-state index in [1.165, 1.54) is 6.07 Å². The average molecular weight is 477 g/mol. The van der Waals surface area contributed by atoms with Crippen molar-refractivity contribution < 1.29 is 14.3 Å². The second-order valence-corrected chi connectivity index (χ2v) is 9.36. The molecule has 184 valence electrons. The molecule has 2 heterocycles. The molecule has 0 saturated carbocycles. The van der Waals surface area contributed by atoms with E-state index in [0.717, 1.165) is 16.7 Å². The van der Waals surface area contributed by atoms with Gasteiger partial charge in [-0.05, 0) is 69.5 Å². The van der Waals surface area contributed by atoms with E-state index in [2.05, 4.69) is 15.3 Å². The van der Waals surface area contributed by atoms with E-state index < -0.39 is 23.2 Å². The van der Waals surface area contributed by atoms with E-state index in [1.54, 1.807) is 23.4 Å². The van der Waals surface area contributed by atoms with Gasteiger partial charge >= 0.3 is 6.09 Å². The molecule has 0 aliphatic carbocycles. The minimum absolute atomic E-state index is 0.0424. The first-order valence-corrected chi connectivity index (χ1v) is 11.6. The summed E-state index contributed by atoms with van der Waals surface area (Å²) in [7, 11) is 0. The predicted molar refractivity (Wildman–Crippen MR) is 135 cm³/mol. The second kappa shape index (κ2) is 11.5. The van der Waals surface area contributed by atoms with Crippen molar-refractivity contribution in [3.8, 4) is 11.3 Å². The van der Waals surface area contributed by atoms with Crippen molar-refractivity contribution >= 4 is 12.0 Å². The smallest absolute Gasteiger partial charge is 0.410 e. The molecule has 8 heteroatoms. The van der Waals surface area contributed by atoms with Gasteiger partial charge in [0.2, 0.25) is 0 Å². The molecule has 0 fully saturated rings. The van der Waals surface area contributed by atoms with Crippen molar-refractivity contribution in [1.82, 2.24) is 20.2 Å². The Bertz CT molecular complexity index is 1220. The van der Waals surface area contributed by atoms with Crippen LogP contribution in [0.1, 0.15) is 48.7 Å². The number of H-pyrrole nitrogens is 1. The molecule has 0 atom stereocenters. The van der Waals surface area contributed by atoms with Gasteiger partial charge < -0.3 is 19.9 Å². The summed E-state index contributed by atoms with van der Waals surface area (Å²) in [4.78, 5) is 46.2. The third-order valence-electron chi connectivity index (χ3n) is 5.12. The van der Waals surface area contributed by atoms with Gasteiger partial charge in [-0.15, -0.1) is 0 Å². The summed E-state index contributed by atoms with van der Waals surface area (Å²) in [6.45, 7) is 8.43. The first-order valence-electron chi connectivity index (χ1n) is 11.6. The van der Waals surface area contributed by atoms with Crippen LogP contribution in [0.5, 0.6) is 0 Å². The number of aromatic nitrogens is 2. The summed E-state index contributed by atoms with van der Waals surface area (Å²) in [6.07, 6.45) is 3.43. The van der Waals surface area contributed by atoms with Gasteiger partial charge in [0.25, 0.3) is 11.5 Å². The normalized spacial score (nSPS) is 11.1. The van der Waals surface area contributed by atoms with E-state index in [9.17, 15) is 14.4 Å². The third kappa shape index (κ3) is 7.81. The maximum atomic E-state index is 12.7. The van der Waals surface area contributed by atoms with E-state index in [1.807, 2.05) is 64.1 Å². The Kier molecular flexibility index (Phi) is 8.41. The number of carbonyl (C=O) groups excluding carboxylic acids is 2. The summed E-state index contributed by atoms with van der Waals surface area (Å²) < 4.78 is 5.52. The fourth-order valence-electron chi connectivity index (χ4n) is 3.47. The lowest BCUT2D eigenvalue weighted by Crippen LogP contribution is -2.38. The number of carbonyl (C=O) groups is 2. The molecule has 8 nitrogen and oxygen atoms in total. The lowest BCUT2D eigenvalue weighted by molar-refractivity contribution is 0.0232. The summed E-state index contributed by atoms with van der Waals surface area (Å²) in [5, 5.41) is 2.76. The molecule has 0 aliphatic heterocycles. The summed E-state index contributed by atoms with van der Waals surface area (Å²) >= 11 is 0. The molecule has 3 aromatic rings. The molecule has 0 unspecified atom stereocenters. The van der Waals surface area contributed by atoms with E-state index >= 15 is 0 Å². The van der Waals surface area contributed by atoms with E-state index in [-0.39, 0.29) is 5.56 Å². The van der Waals surface area contributed by atoms with Crippen LogP contribution in [0.3, 0.4) is 0 Å². The van der Waals surface area contributed by atoms with Crippen molar-refractivity contribution in [2.24, 2.45) is 0 Å². The van der Waals surface area contributed by atoms with Crippen LogP contribution in [0.15, 0.2) is 65.7 Å². The largest absolute Gasteiger partial charge is 0.444 e. The number of nitrogens with zero attached hydrogens (tertiary/aromatic N) is 2. The number of ether oxygens (including phenoxy) is 1. The molecule has 0 bridgehead atoms. The number of hydrogen-bond acceptors (Lipinski definition) is 5. The first kappa shape index (κ1) is 25.7. The Morgan fingerprint density at radius 3 is 2.57 bits per heavy atom. The molecule has 2 N–H and O–H groups in total. The van der Waals surface area contributed by atoms with Crippen molar-refractivity contribution in [2.75, 3.05) is 13.1 Å². The zero-order chi connectivity index (χ0) is 25.4. The topological polar surface area (TPSA) is 104 Å². The number of amides is 2. The van der Waals surface area contributed by atoms with Crippen LogP contribution < -0.4 is 10.9 Å². The minimum Gasteiger partial charge on any atom is -0.444 e. The van der Waals surface area contributed by atoms with Crippen molar-refractivity contribution in [3.05, 3.63) is 88.0 Å². The number of pyridine rings is 2. The molecule has 35 heavy (non-hydrogen) atoms. The molecule has 2 aromatic heterocycles. The van der Waals surface area contributed by atoms with Gasteiger partial charge in [-0.25, -0.2) is 4.79 Å². The van der Waals surface area contributed by atoms with Gasteiger partial charge in [0.1, 0.15) is 11.2 Å². The van der Waals surface area contributed by atoms with Gasteiger partial charge in [0.05, 0.1) is 6.54 Å². The van der Waals surface area contributed by atoms with Gasteiger partial charge in [0, 0.05) is 31.2 Å². The van der Waals surface area contributed by atoms with Gasteiger partial charge in [-0.2, -0.15) is 0 Å². The van der Waals surface area contributed by atoms with Crippen LogP contribution in [0.2, 0.25) is 0 Å². The van der Waals surface area contributed by atoms with Gasteiger partial charge in [-0.1, -0.05) is 29.8 Å². The molecular formula is C27H32N4O4. The second-order valence-electron chi connectivity index (χ2n) is 9.36. The summed E-state index contributed by atoms with van der Waals surface area (Å²) in [6, 6.07) is 14.7. The highest BCUT2D eigenvalue weighted by atomic mass is 16.6. The molecule has 1 aromatic carbocycles. The zero-order valence-corrected chi connectivity index (χ0v) is 20.6. The van der Waals surface area contributed by atoms with Crippen molar-refractivity contribution in [1.29, 1.82) is 0 Å². The minimum atomic E-state index is -0.621. The van der Waals surface area contributed by atoms with Crippen LogP contribution in [0.4, 0.5) is 4.79 Å². The fraction of sp³-hybridized carbons (Fsp3) is 0.333. The Morgan fingerprint density at radius 1 is 1.11 bits per heavy atom. The molecule has 3 rings (SSSR count). The van der Waals surface area contributed by atoms with Crippen molar-refractivity contribution in [2.45, 2.75) is 46.3 Å². The zero-order valence-electron chi connectivity index (χ0n) is 20.6. The highest BCUT2D eigenvalue weighted by Gasteiger charge is 2.22. The molecule has 0 radical (unpaired) electrons. The fourth-order valence-corrected chi connectivity index (χ4v) is 3.47. The van der Waals surface area contributed by atoms with Crippen LogP contribution in [0, 0.1) is 6.92 Å². The van der Waals surface area contributed by atoms with E-state index in [4.69, 9.17) is 4.74 Å². The standard InChI is InChI=1S/C27H32N4O4/c1-19-8-5-10-21(16-19)23-12-11-22(25(33)30-23)24(32)29-14-7-15-31(26(34)35-27(2,3)4)18-20-9-6-13-28-17-20/h5-6,8-13,16-17H,7,14-15,18H2,1-4H3,(H,29,32)(H,30,33). The van der Waals surface area contributed by atoms with Crippen molar-refractivity contribution in [3.63, 3.8) is 0 Å². The Labute approximate surface area is 205 Å². The number of nitrogens with one attached hydrogen (secondary N) is 2. The summed E-state index contributed by atoms with van der Waals surface area (Å²) in [5.74, 6) is -0.460. The van der Waals surface area contributed by atoms with Crippen LogP contribution >= 0.6 is 0 Å². The highest BCUT2D eigenvalue weighted by molar-refractivity contribution is 5.94. The summed E-state index contributed by atoms with van der Waals surface area (Å²) in [5.41, 5.74) is 2.46. The Hall–Kier alpha value is -3.94. The van der Waals surface area contributed by atoms with Gasteiger partial charge in [0.15, 0.2) is 0 Å². The molecule has 0 spiro atoms. The Morgan fingerprint density at radius 2 is 1.91 bits per heavy atom. The lowest BCUT2D eigenvalue weighted by Gasteiger charge is -2.27. The number of rotatable bonds is 8. The maximum Gasteiger partial charge on any atom is 0.410 e. The van der Waals surface area contributed by atoms with Gasteiger partial charge in [-0.3, -0.25) is 14.6 Å². The number of benzene rings is 1. The predicted octanol–water partition coefficient (Wildman–Crippen LogP) is 4.30. The molecule has 0 aliphatic rings. The Balaban J connectivity index is 1.58. The SMILES string of the molecule is Cc1cccc(-c2ccc(C(=O)NCCCN(Cc3cccnc3)C(=O)OC(C)(C)C)c(=O)[nH]2)c1. The first-order chi connectivity index (χ1) is 16.6. The van der Waals surface area contributed by atoms with Crippen LogP contribution in [0.25, 0.3) is 11.3 Å². The number of aromatic amines is 1. The number of aryl methyl sites for hydroxylation is 1. The average Bonchev–Trinajstić information content (AvgIpc) is 2.80. The monoisotopic (exact) mass is 476 g/mol. The lowest BCUT2D eigenvalue weighted by atomic mass is 10.1. The molecule has 2 amide bonds. The molecular weight excluding hydrogens is 444 g/mol. The number of hydrogen-bond donors (Lipinski definition) is 2. The third-order valence-corrected chi connectivity index (χ3v) is 5.12. The molecule has 0 saturated heterocycles. The van der Waals surface area contributed by atoms with Crippen LogP contribution in [-0.4, -0.2) is 45.6 Å². The maximum absolute atomic E-state index is 12.7.